The van der Waals surface area contributed by atoms with Crippen LogP contribution in [0.25, 0.3) is 0 Å². The molecule has 1 aromatic carbocycles. The number of benzene rings is 1. The molecule has 3 atom stereocenters. The summed E-state index contributed by atoms with van der Waals surface area (Å²) in [6, 6.07) is 4.64. The minimum absolute atomic E-state index is 0.0671. The van der Waals surface area contributed by atoms with E-state index in [4.69, 9.17) is 17.0 Å². The summed E-state index contributed by atoms with van der Waals surface area (Å²) in [6.45, 7) is 2.69. The number of aliphatic hydroxyl groups is 1. The molecule has 2 heterocycles. The fraction of sp³-hybridized carbons (Fsp3) is 0.577. The monoisotopic (exact) mass is 652 g/mol. The van der Waals surface area contributed by atoms with Crippen LogP contribution < -0.4 is 9.62 Å². The van der Waals surface area contributed by atoms with Gasteiger partial charge in [0.25, 0.3) is 0 Å². The molecule has 0 amide bonds. The quantitative estimate of drug-likeness (QED) is 0.385. The van der Waals surface area contributed by atoms with E-state index in [1.165, 1.54) is 34.6 Å². The van der Waals surface area contributed by atoms with Gasteiger partial charge in [0.15, 0.2) is 5.60 Å². The molecule has 234 valence electrons. The van der Waals surface area contributed by atoms with Crippen molar-refractivity contribution >= 4 is 42.8 Å². The summed E-state index contributed by atoms with van der Waals surface area (Å²) < 4.78 is 100. The number of hydrogen-bond donors (Lipinski definition) is 2. The standard InChI is InChI=1S/C26H35F3N4O6S3/c1-25(34,26(27,28)29)19-7-9-20(10-8-19)33-12-11-32(42(37,38)24-6-4-3-5-23(24)40)17-22(33)16-31-13-14-39-18-21(31)15-30-41(2,35)36/h3-4,6-10,21-22,30,34H,5,11-18H2,1-2H3/t21-,22+,25+/m1/s1. The Kier molecular flexibility index (Phi) is 9.89. The van der Waals surface area contributed by atoms with E-state index in [9.17, 15) is 35.1 Å². The smallest absolute Gasteiger partial charge is 0.378 e. The Morgan fingerprint density at radius 1 is 1.10 bits per heavy atom. The second-order valence-corrected chi connectivity index (χ2v) is 15.0. The average molecular weight is 653 g/mol. The molecule has 2 fully saturated rings. The molecule has 0 aromatic heterocycles. The molecule has 1 aliphatic carbocycles. The summed E-state index contributed by atoms with van der Waals surface area (Å²) >= 11 is 5.33. The number of hydrogen-bond acceptors (Lipinski definition) is 9. The molecule has 0 radical (unpaired) electrons. The molecule has 2 N–H and O–H groups in total. The number of piperazine rings is 1. The first-order valence-electron chi connectivity index (χ1n) is 13.3. The maximum absolute atomic E-state index is 13.6. The molecule has 16 heteroatoms. The van der Waals surface area contributed by atoms with E-state index in [1.807, 2.05) is 9.80 Å². The van der Waals surface area contributed by atoms with Crippen molar-refractivity contribution < 1.29 is 39.9 Å². The molecule has 1 aromatic rings. The number of allylic oxidation sites excluding steroid dienone is 4. The van der Waals surface area contributed by atoms with Crippen molar-refractivity contribution in [2.24, 2.45) is 0 Å². The lowest BCUT2D eigenvalue weighted by Gasteiger charge is -2.46. The molecule has 10 nitrogen and oxygen atoms in total. The fourth-order valence-electron chi connectivity index (χ4n) is 5.21. The van der Waals surface area contributed by atoms with Crippen LogP contribution in [0, 0.1) is 0 Å². The second-order valence-electron chi connectivity index (χ2n) is 10.8. The van der Waals surface area contributed by atoms with E-state index in [-0.39, 0.29) is 49.3 Å². The zero-order valence-corrected chi connectivity index (χ0v) is 25.7. The minimum Gasteiger partial charge on any atom is -0.378 e. The highest BCUT2D eigenvalue weighted by Crippen LogP contribution is 2.39. The first-order chi connectivity index (χ1) is 19.5. The third-order valence-corrected chi connectivity index (χ3v) is 10.9. The van der Waals surface area contributed by atoms with Crippen LogP contribution in [0.1, 0.15) is 18.9 Å². The third-order valence-electron chi connectivity index (χ3n) is 7.71. The highest BCUT2D eigenvalue weighted by atomic mass is 32.2. The van der Waals surface area contributed by atoms with Crippen LogP contribution in [0.4, 0.5) is 18.9 Å². The van der Waals surface area contributed by atoms with Gasteiger partial charge in [0, 0.05) is 62.3 Å². The number of thiocarbonyl (C=S) groups is 1. The number of sulfonamides is 2. The van der Waals surface area contributed by atoms with Crippen LogP contribution >= 0.6 is 12.2 Å². The summed E-state index contributed by atoms with van der Waals surface area (Å²) in [4.78, 5) is 4.37. The van der Waals surface area contributed by atoms with Crippen LogP contribution in [0.2, 0.25) is 0 Å². The Balaban J connectivity index is 1.63. The summed E-state index contributed by atoms with van der Waals surface area (Å²) in [6.07, 6.45) is 1.47. The first kappa shape index (κ1) is 33.0. The van der Waals surface area contributed by atoms with Crippen LogP contribution in [-0.4, -0.2) is 113 Å². The van der Waals surface area contributed by atoms with Gasteiger partial charge in [0.2, 0.25) is 20.0 Å². The van der Waals surface area contributed by atoms with Crippen LogP contribution in [-0.2, 0) is 30.4 Å². The van der Waals surface area contributed by atoms with Crippen molar-refractivity contribution in [1.29, 1.82) is 0 Å². The van der Waals surface area contributed by atoms with Crippen molar-refractivity contribution in [2.45, 2.75) is 37.2 Å². The van der Waals surface area contributed by atoms with Gasteiger partial charge < -0.3 is 14.7 Å². The number of alkyl halides is 3. The molecule has 4 rings (SSSR count). The van der Waals surface area contributed by atoms with Crippen LogP contribution in [0.15, 0.2) is 47.4 Å². The Bertz CT molecular complexity index is 1430. The molecule has 3 aliphatic rings. The lowest BCUT2D eigenvalue weighted by atomic mass is 9.95. The number of morpholine rings is 1. The molecular formula is C26H35F3N4O6S3. The number of halogens is 3. The minimum atomic E-state index is -4.87. The topological polar surface area (TPSA) is 119 Å². The predicted molar refractivity (Wildman–Crippen MR) is 157 cm³/mol. The molecule has 2 saturated heterocycles. The lowest BCUT2D eigenvalue weighted by molar-refractivity contribution is -0.258. The Morgan fingerprint density at radius 3 is 2.40 bits per heavy atom. The summed E-state index contributed by atoms with van der Waals surface area (Å²) in [5.41, 5.74) is -2.79. The van der Waals surface area contributed by atoms with Gasteiger partial charge in [0.05, 0.1) is 30.4 Å². The second kappa shape index (κ2) is 12.6. The predicted octanol–water partition coefficient (Wildman–Crippen LogP) is 1.74. The van der Waals surface area contributed by atoms with Gasteiger partial charge in [-0.25, -0.2) is 21.6 Å². The molecular weight excluding hydrogens is 618 g/mol. The van der Waals surface area contributed by atoms with Crippen LogP contribution in [0.5, 0.6) is 0 Å². The van der Waals surface area contributed by atoms with E-state index >= 15 is 0 Å². The summed E-state index contributed by atoms with van der Waals surface area (Å²) in [7, 11) is -7.38. The van der Waals surface area contributed by atoms with Gasteiger partial charge in [-0.3, -0.25) is 4.90 Å². The molecule has 0 bridgehead atoms. The number of nitrogens with zero attached hydrogens (tertiary/aromatic N) is 3. The van der Waals surface area contributed by atoms with Gasteiger partial charge >= 0.3 is 6.18 Å². The first-order valence-corrected chi connectivity index (χ1v) is 17.1. The van der Waals surface area contributed by atoms with E-state index in [2.05, 4.69) is 4.72 Å². The van der Waals surface area contributed by atoms with E-state index in [0.29, 0.717) is 43.6 Å². The van der Waals surface area contributed by atoms with Crippen LogP contribution in [0.3, 0.4) is 0 Å². The maximum Gasteiger partial charge on any atom is 0.421 e. The Morgan fingerprint density at radius 2 is 1.79 bits per heavy atom. The number of rotatable bonds is 9. The van der Waals surface area contributed by atoms with Gasteiger partial charge in [0.1, 0.15) is 0 Å². The van der Waals surface area contributed by atoms with Gasteiger partial charge in [-0.2, -0.15) is 17.5 Å². The molecule has 0 spiro atoms. The van der Waals surface area contributed by atoms with Gasteiger partial charge in [-0.1, -0.05) is 36.5 Å². The third kappa shape index (κ3) is 7.41. The van der Waals surface area contributed by atoms with Crippen molar-refractivity contribution in [1.82, 2.24) is 13.9 Å². The van der Waals surface area contributed by atoms with Crippen molar-refractivity contribution in [3.63, 3.8) is 0 Å². The van der Waals surface area contributed by atoms with E-state index < -0.39 is 37.9 Å². The molecule has 42 heavy (non-hydrogen) atoms. The average Bonchev–Trinajstić information content (AvgIpc) is 2.92. The summed E-state index contributed by atoms with van der Waals surface area (Å²) in [5, 5.41) is 10.1. The fourth-order valence-corrected chi connectivity index (χ4v) is 7.78. The normalized spacial score (nSPS) is 24.9. The van der Waals surface area contributed by atoms with Crippen molar-refractivity contribution in [2.75, 3.05) is 63.6 Å². The highest BCUT2D eigenvalue weighted by Gasteiger charge is 2.51. The zero-order valence-electron chi connectivity index (χ0n) is 23.2. The Hall–Kier alpha value is -1.92. The summed E-state index contributed by atoms with van der Waals surface area (Å²) in [5.74, 6) is 0. The van der Waals surface area contributed by atoms with E-state index in [1.54, 1.807) is 12.2 Å². The Labute approximate surface area is 249 Å². The molecule has 2 aliphatic heterocycles. The van der Waals surface area contributed by atoms with Gasteiger partial charge in [-0.05, 0) is 30.7 Å². The van der Waals surface area contributed by atoms with Crippen molar-refractivity contribution in [3.8, 4) is 0 Å². The zero-order chi connectivity index (χ0) is 30.9. The largest absolute Gasteiger partial charge is 0.421 e. The lowest BCUT2D eigenvalue weighted by Crippen LogP contribution is -2.61. The van der Waals surface area contributed by atoms with Crippen molar-refractivity contribution in [3.05, 3.63) is 53.0 Å². The number of anilines is 1. The number of nitrogens with one attached hydrogen (secondary N) is 1. The van der Waals surface area contributed by atoms with Gasteiger partial charge in [-0.15, -0.1) is 0 Å². The molecule has 0 unspecified atom stereocenters. The highest BCUT2D eigenvalue weighted by molar-refractivity contribution is 7.96. The number of ether oxygens (including phenoxy) is 1. The molecule has 0 saturated carbocycles. The maximum atomic E-state index is 13.6. The van der Waals surface area contributed by atoms with E-state index in [0.717, 1.165) is 6.26 Å². The SMILES string of the molecule is C[C@](O)(c1ccc(N2CCN(S(=O)(=O)C3=CC=CCC3=S)C[C@@H]2CN2CCOC[C@H]2CNS(C)(=O)=O)cc1)C(F)(F)F.